The molecule has 1 amide bonds. The van der Waals surface area contributed by atoms with Crippen LogP contribution in [0.1, 0.15) is 57.1 Å². The number of nitrogens with one attached hydrogen (secondary N) is 1. The molecule has 128 valence electrons. The van der Waals surface area contributed by atoms with Crippen molar-refractivity contribution in [2.24, 2.45) is 0 Å². The monoisotopic (exact) mass is 339 g/mol. The number of aliphatic carboxylic acids is 1. The number of hydrogen-bond acceptors (Lipinski definition) is 5. The zero-order chi connectivity index (χ0) is 16.5. The summed E-state index contributed by atoms with van der Waals surface area (Å²) in [6, 6.07) is 0. The van der Waals surface area contributed by atoms with Crippen molar-refractivity contribution >= 4 is 28.3 Å². The Morgan fingerprint density at radius 3 is 2.65 bits per heavy atom. The molecule has 1 aliphatic heterocycles. The van der Waals surface area contributed by atoms with E-state index in [2.05, 4.69) is 15.2 Å². The predicted molar refractivity (Wildman–Crippen MR) is 90.6 cm³/mol. The highest BCUT2D eigenvalue weighted by Gasteiger charge is 2.13. The number of unbranched alkanes of at least 4 members (excludes halogenated alkanes) is 2. The maximum Gasteiger partial charge on any atom is 0.303 e. The fourth-order valence-electron chi connectivity index (χ4n) is 2.70. The van der Waals surface area contributed by atoms with Crippen molar-refractivity contribution in [3.63, 3.8) is 0 Å². The number of thiazole rings is 1. The summed E-state index contributed by atoms with van der Waals surface area (Å²) >= 11 is 1.47. The minimum absolute atomic E-state index is 0.0424. The summed E-state index contributed by atoms with van der Waals surface area (Å²) < 4.78 is 0. The number of aromatic nitrogens is 1. The summed E-state index contributed by atoms with van der Waals surface area (Å²) in [7, 11) is 0. The molecule has 2 N–H and O–H groups in total. The van der Waals surface area contributed by atoms with Crippen LogP contribution in [-0.4, -0.2) is 40.0 Å². The second-order valence-electron chi connectivity index (χ2n) is 5.98. The van der Waals surface area contributed by atoms with Gasteiger partial charge in [0.25, 0.3) is 0 Å². The van der Waals surface area contributed by atoms with Gasteiger partial charge in [0, 0.05) is 24.8 Å². The average molecular weight is 339 g/mol. The molecule has 1 aromatic heterocycles. The van der Waals surface area contributed by atoms with Gasteiger partial charge in [0.15, 0.2) is 5.13 Å². The van der Waals surface area contributed by atoms with E-state index in [4.69, 9.17) is 5.11 Å². The van der Waals surface area contributed by atoms with Gasteiger partial charge in [-0.25, -0.2) is 4.98 Å². The van der Waals surface area contributed by atoms with Crippen LogP contribution in [0.4, 0.5) is 5.13 Å². The zero-order valence-electron chi connectivity index (χ0n) is 13.4. The van der Waals surface area contributed by atoms with Crippen LogP contribution in [0.25, 0.3) is 0 Å². The molecule has 1 fully saturated rings. The topological polar surface area (TPSA) is 82.5 Å². The van der Waals surface area contributed by atoms with Crippen molar-refractivity contribution in [2.75, 3.05) is 18.4 Å². The third kappa shape index (κ3) is 7.09. The molecule has 1 saturated heterocycles. The van der Waals surface area contributed by atoms with Crippen LogP contribution in [0.2, 0.25) is 0 Å². The zero-order valence-corrected chi connectivity index (χ0v) is 14.2. The highest BCUT2D eigenvalue weighted by molar-refractivity contribution is 7.13. The Morgan fingerprint density at radius 2 is 1.91 bits per heavy atom. The van der Waals surface area contributed by atoms with Crippen LogP contribution >= 0.6 is 11.3 Å². The molecule has 2 heterocycles. The molecule has 0 saturated carbocycles. The first-order valence-electron chi connectivity index (χ1n) is 8.32. The number of nitrogens with zero attached hydrogens (tertiary/aromatic N) is 2. The van der Waals surface area contributed by atoms with Gasteiger partial charge in [0.05, 0.1) is 5.69 Å². The summed E-state index contributed by atoms with van der Waals surface area (Å²) in [5, 5.41) is 14.1. The fourth-order valence-corrected chi connectivity index (χ4v) is 3.42. The summed E-state index contributed by atoms with van der Waals surface area (Å²) in [6.45, 7) is 3.13. The first-order chi connectivity index (χ1) is 11.1. The van der Waals surface area contributed by atoms with E-state index in [-0.39, 0.29) is 12.3 Å². The number of hydrogen-bond donors (Lipinski definition) is 2. The van der Waals surface area contributed by atoms with Gasteiger partial charge in [-0.15, -0.1) is 11.3 Å². The smallest absolute Gasteiger partial charge is 0.303 e. The first-order valence-corrected chi connectivity index (χ1v) is 9.20. The van der Waals surface area contributed by atoms with E-state index in [0.717, 1.165) is 31.7 Å². The molecule has 23 heavy (non-hydrogen) atoms. The minimum atomic E-state index is -0.779. The number of amides is 1. The second-order valence-corrected chi connectivity index (χ2v) is 6.84. The maximum absolute atomic E-state index is 11.8. The molecular formula is C16H25N3O3S. The molecule has 0 unspecified atom stereocenters. The molecule has 2 rings (SSSR count). The molecule has 0 aromatic carbocycles. The lowest BCUT2D eigenvalue weighted by molar-refractivity contribution is -0.137. The van der Waals surface area contributed by atoms with Crippen molar-refractivity contribution in [1.82, 2.24) is 9.88 Å². The Hall–Kier alpha value is -1.47. The molecule has 0 bridgehead atoms. The Labute approximate surface area is 140 Å². The third-order valence-electron chi connectivity index (χ3n) is 3.93. The van der Waals surface area contributed by atoms with Crippen LogP contribution in [-0.2, 0) is 16.1 Å². The van der Waals surface area contributed by atoms with Gasteiger partial charge in [0.2, 0.25) is 5.91 Å². The first kappa shape index (κ1) is 17.9. The average Bonchev–Trinajstić information content (AvgIpc) is 2.94. The molecular weight excluding hydrogens is 314 g/mol. The van der Waals surface area contributed by atoms with Crippen LogP contribution in [0, 0.1) is 0 Å². The molecule has 0 spiro atoms. The number of rotatable bonds is 9. The summed E-state index contributed by atoms with van der Waals surface area (Å²) in [5.41, 5.74) is 1.02. The Kier molecular flexibility index (Phi) is 7.48. The summed E-state index contributed by atoms with van der Waals surface area (Å²) in [6.07, 6.45) is 6.53. The van der Waals surface area contributed by atoms with Crippen molar-refractivity contribution in [2.45, 2.75) is 57.9 Å². The SMILES string of the molecule is O=C(O)CCCCCC(=O)Nc1nc(CN2CCCCC2)cs1. The molecule has 0 atom stereocenters. The largest absolute Gasteiger partial charge is 0.481 e. The highest BCUT2D eigenvalue weighted by atomic mass is 32.1. The Morgan fingerprint density at radius 1 is 1.17 bits per heavy atom. The second kappa shape index (κ2) is 9.62. The quantitative estimate of drug-likeness (QED) is 0.676. The molecule has 0 radical (unpaired) electrons. The van der Waals surface area contributed by atoms with Crippen molar-refractivity contribution < 1.29 is 14.7 Å². The van der Waals surface area contributed by atoms with Gasteiger partial charge in [-0.1, -0.05) is 12.8 Å². The van der Waals surface area contributed by atoms with Crippen LogP contribution in [0.3, 0.4) is 0 Å². The standard InChI is InChI=1S/C16H25N3O3S/c20-14(7-3-1-4-8-15(21)22)18-16-17-13(12-23-16)11-19-9-5-2-6-10-19/h12H,1-11H2,(H,21,22)(H,17,18,20). The molecule has 0 aliphatic carbocycles. The Bertz CT molecular complexity index is 512. The molecule has 6 nitrogen and oxygen atoms in total. The number of anilines is 1. The van der Waals surface area contributed by atoms with E-state index in [1.54, 1.807) is 0 Å². The van der Waals surface area contributed by atoms with Crippen molar-refractivity contribution in [3.8, 4) is 0 Å². The lowest BCUT2D eigenvalue weighted by Gasteiger charge is -2.25. The third-order valence-corrected chi connectivity index (χ3v) is 4.73. The minimum Gasteiger partial charge on any atom is -0.481 e. The van der Waals surface area contributed by atoms with Gasteiger partial charge in [0.1, 0.15) is 0 Å². The normalized spacial score (nSPS) is 15.5. The number of carboxylic acids is 1. The van der Waals surface area contributed by atoms with E-state index in [1.165, 1.54) is 30.6 Å². The summed E-state index contributed by atoms with van der Waals surface area (Å²) in [5.74, 6) is -0.822. The lowest BCUT2D eigenvalue weighted by atomic mass is 10.1. The van der Waals surface area contributed by atoms with E-state index in [9.17, 15) is 9.59 Å². The van der Waals surface area contributed by atoms with Gasteiger partial charge in [-0.3, -0.25) is 14.5 Å². The van der Waals surface area contributed by atoms with Crippen molar-refractivity contribution in [1.29, 1.82) is 0 Å². The molecule has 7 heteroatoms. The maximum atomic E-state index is 11.8. The number of carboxylic acid groups (broad SMARTS) is 1. The van der Waals surface area contributed by atoms with Gasteiger partial charge >= 0.3 is 5.97 Å². The Balaban J connectivity index is 1.64. The number of piperidine rings is 1. The van der Waals surface area contributed by atoms with Crippen LogP contribution in [0.15, 0.2) is 5.38 Å². The number of carbonyl (C=O) groups excluding carboxylic acids is 1. The predicted octanol–water partition coefficient (Wildman–Crippen LogP) is 3.10. The highest BCUT2D eigenvalue weighted by Crippen LogP contribution is 2.19. The number of likely N-dealkylation sites (tertiary alicyclic amines) is 1. The fraction of sp³-hybridized carbons (Fsp3) is 0.688. The van der Waals surface area contributed by atoms with E-state index in [0.29, 0.717) is 24.4 Å². The van der Waals surface area contributed by atoms with Crippen molar-refractivity contribution in [3.05, 3.63) is 11.1 Å². The van der Waals surface area contributed by atoms with Gasteiger partial charge in [-0.2, -0.15) is 0 Å². The van der Waals surface area contributed by atoms with Crippen LogP contribution in [0.5, 0.6) is 0 Å². The molecule has 1 aromatic rings. The van der Waals surface area contributed by atoms with E-state index < -0.39 is 5.97 Å². The number of carbonyl (C=O) groups is 2. The molecule has 1 aliphatic rings. The summed E-state index contributed by atoms with van der Waals surface area (Å²) in [4.78, 5) is 29.1. The lowest BCUT2D eigenvalue weighted by Crippen LogP contribution is -2.29. The van der Waals surface area contributed by atoms with E-state index >= 15 is 0 Å². The van der Waals surface area contributed by atoms with Crippen LogP contribution < -0.4 is 5.32 Å². The van der Waals surface area contributed by atoms with Gasteiger partial charge < -0.3 is 10.4 Å². The van der Waals surface area contributed by atoms with E-state index in [1.807, 2.05) is 5.38 Å². The van der Waals surface area contributed by atoms with Gasteiger partial charge in [-0.05, 0) is 38.8 Å².